The Balaban J connectivity index is 1.90. The normalized spacial score (nSPS) is 14.6. The molecule has 1 amide bonds. The maximum absolute atomic E-state index is 13.1. The third kappa shape index (κ3) is 4.77. The van der Waals surface area contributed by atoms with Crippen molar-refractivity contribution in [2.24, 2.45) is 5.92 Å². The molecule has 30 heavy (non-hydrogen) atoms. The van der Waals surface area contributed by atoms with Crippen LogP contribution in [0.2, 0.25) is 0 Å². The molecule has 0 bridgehead atoms. The first-order valence-corrected chi connectivity index (χ1v) is 11.1. The van der Waals surface area contributed by atoms with Gasteiger partial charge in [0.2, 0.25) is 15.9 Å². The Morgan fingerprint density at radius 2 is 1.67 bits per heavy atom. The van der Waals surface area contributed by atoms with Gasteiger partial charge in [0.05, 0.1) is 10.6 Å². The zero-order valence-electron chi connectivity index (χ0n) is 16.8. The van der Waals surface area contributed by atoms with Crippen LogP contribution >= 0.6 is 0 Å². The van der Waals surface area contributed by atoms with Gasteiger partial charge in [-0.2, -0.15) is 4.31 Å². The van der Waals surface area contributed by atoms with E-state index in [-0.39, 0.29) is 28.1 Å². The summed E-state index contributed by atoms with van der Waals surface area (Å²) in [5.41, 5.74) is 1.17. The van der Waals surface area contributed by atoms with Crippen molar-refractivity contribution >= 4 is 38.7 Å². The summed E-state index contributed by atoms with van der Waals surface area (Å²) in [4.78, 5) is 22.2. The van der Waals surface area contributed by atoms with Crippen LogP contribution in [-0.4, -0.2) is 36.6 Å². The highest BCUT2D eigenvalue weighted by molar-refractivity contribution is 7.89. The van der Waals surface area contributed by atoms with Gasteiger partial charge in [-0.15, -0.1) is 0 Å². The minimum atomic E-state index is -3.87. The fourth-order valence-corrected chi connectivity index (χ4v) is 4.77. The predicted molar refractivity (Wildman–Crippen MR) is 114 cm³/mol. The van der Waals surface area contributed by atoms with Crippen LogP contribution in [0.3, 0.4) is 0 Å². The SMILES string of the molecule is CC(C)C(=O)Nc1ccc(Nc2ccc([N+](=O)[O-])cc2S(=O)(=O)N2CCCC2)cc1. The molecule has 0 spiro atoms. The number of nitrogens with one attached hydrogen (secondary N) is 2. The summed E-state index contributed by atoms with van der Waals surface area (Å²) in [6, 6.07) is 10.5. The van der Waals surface area contributed by atoms with Crippen LogP contribution in [0.4, 0.5) is 22.7 Å². The van der Waals surface area contributed by atoms with E-state index < -0.39 is 14.9 Å². The number of carbonyl (C=O) groups excluding carboxylic acids is 1. The second-order valence-electron chi connectivity index (χ2n) is 7.40. The number of sulfonamides is 1. The number of rotatable bonds is 7. The molecule has 0 saturated carbocycles. The second kappa shape index (κ2) is 8.80. The van der Waals surface area contributed by atoms with E-state index in [2.05, 4.69) is 10.6 Å². The molecule has 3 rings (SSSR count). The Kier molecular flexibility index (Phi) is 6.37. The fourth-order valence-electron chi connectivity index (χ4n) is 3.09. The predicted octanol–water partition coefficient (Wildman–Crippen LogP) is 3.72. The number of anilines is 3. The van der Waals surface area contributed by atoms with Crippen molar-refractivity contribution in [3.63, 3.8) is 0 Å². The van der Waals surface area contributed by atoms with E-state index >= 15 is 0 Å². The van der Waals surface area contributed by atoms with Gasteiger partial charge in [0.25, 0.3) is 5.69 Å². The quantitative estimate of drug-likeness (QED) is 0.508. The number of carbonyl (C=O) groups is 1. The number of nitro benzene ring substituents is 1. The highest BCUT2D eigenvalue weighted by Crippen LogP contribution is 2.32. The molecule has 10 heteroatoms. The maximum Gasteiger partial charge on any atom is 0.270 e. The summed E-state index contributed by atoms with van der Waals surface area (Å²) >= 11 is 0. The summed E-state index contributed by atoms with van der Waals surface area (Å²) in [5.74, 6) is -0.258. The van der Waals surface area contributed by atoms with Crippen molar-refractivity contribution in [2.45, 2.75) is 31.6 Å². The molecule has 2 aromatic rings. The summed E-state index contributed by atoms with van der Waals surface area (Å²) in [6.07, 6.45) is 1.53. The Labute approximate surface area is 175 Å². The third-order valence-electron chi connectivity index (χ3n) is 4.81. The van der Waals surface area contributed by atoms with E-state index in [1.807, 2.05) is 0 Å². The van der Waals surface area contributed by atoms with E-state index in [9.17, 15) is 23.3 Å². The maximum atomic E-state index is 13.1. The third-order valence-corrected chi connectivity index (χ3v) is 6.75. The fraction of sp³-hybridized carbons (Fsp3) is 0.350. The molecule has 1 aliphatic rings. The van der Waals surface area contributed by atoms with Crippen LogP contribution in [0.25, 0.3) is 0 Å². The van der Waals surface area contributed by atoms with Gasteiger partial charge in [0, 0.05) is 42.5 Å². The summed E-state index contributed by atoms with van der Waals surface area (Å²) in [6.45, 7) is 4.38. The number of hydrogen-bond acceptors (Lipinski definition) is 6. The highest BCUT2D eigenvalue weighted by Gasteiger charge is 2.31. The molecular formula is C20H24N4O5S. The average molecular weight is 433 g/mol. The Morgan fingerprint density at radius 1 is 1.07 bits per heavy atom. The van der Waals surface area contributed by atoms with Crippen molar-refractivity contribution < 1.29 is 18.1 Å². The molecule has 160 valence electrons. The van der Waals surface area contributed by atoms with Crippen LogP contribution in [0.1, 0.15) is 26.7 Å². The average Bonchev–Trinajstić information content (AvgIpc) is 3.25. The highest BCUT2D eigenvalue weighted by atomic mass is 32.2. The molecule has 1 heterocycles. The lowest BCUT2D eigenvalue weighted by Gasteiger charge is -2.19. The zero-order valence-corrected chi connectivity index (χ0v) is 17.6. The number of nitrogens with zero attached hydrogens (tertiary/aromatic N) is 2. The lowest BCUT2D eigenvalue weighted by Crippen LogP contribution is -2.28. The molecule has 1 fully saturated rings. The molecule has 0 aromatic heterocycles. The van der Waals surface area contributed by atoms with E-state index in [1.54, 1.807) is 38.1 Å². The first kappa shape index (κ1) is 21.7. The minimum absolute atomic E-state index is 0.106. The van der Waals surface area contributed by atoms with Crippen LogP contribution < -0.4 is 10.6 Å². The van der Waals surface area contributed by atoms with Crippen LogP contribution in [-0.2, 0) is 14.8 Å². The molecule has 1 saturated heterocycles. The number of benzene rings is 2. The lowest BCUT2D eigenvalue weighted by atomic mass is 10.2. The van der Waals surface area contributed by atoms with Gasteiger partial charge in [0.15, 0.2) is 0 Å². The first-order chi connectivity index (χ1) is 14.2. The summed E-state index contributed by atoms with van der Waals surface area (Å²) in [5, 5.41) is 17.0. The molecular weight excluding hydrogens is 408 g/mol. The van der Waals surface area contributed by atoms with Crippen LogP contribution in [0.15, 0.2) is 47.4 Å². The van der Waals surface area contributed by atoms with Gasteiger partial charge in [-0.05, 0) is 43.2 Å². The van der Waals surface area contributed by atoms with Gasteiger partial charge in [-0.25, -0.2) is 8.42 Å². The standard InChI is InChI=1S/C20H24N4O5S/c1-14(2)20(25)22-16-7-5-15(6-8-16)21-18-10-9-17(24(26)27)13-19(18)30(28,29)23-11-3-4-12-23/h5-10,13-14,21H,3-4,11-12H2,1-2H3,(H,22,25). The van der Waals surface area contributed by atoms with Gasteiger partial charge in [-0.3, -0.25) is 14.9 Å². The van der Waals surface area contributed by atoms with Crippen molar-refractivity contribution in [1.82, 2.24) is 4.31 Å². The summed E-state index contributed by atoms with van der Waals surface area (Å²) < 4.78 is 27.5. The molecule has 0 unspecified atom stereocenters. The molecule has 0 aliphatic carbocycles. The molecule has 9 nitrogen and oxygen atoms in total. The van der Waals surface area contributed by atoms with Crippen molar-refractivity contribution in [2.75, 3.05) is 23.7 Å². The summed E-state index contributed by atoms with van der Waals surface area (Å²) in [7, 11) is -3.87. The number of non-ortho nitro benzene ring substituents is 1. The minimum Gasteiger partial charge on any atom is -0.354 e. The van der Waals surface area contributed by atoms with Crippen LogP contribution in [0.5, 0.6) is 0 Å². The Morgan fingerprint density at radius 3 is 2.23 bits per heavy atom. The molecule has 1 aliphatic heterocycles. The zero-order chi connectivity index (χ0) is 21.9. The number of nitro groups is 1. The Hall–Kier alpha value is -2.98. The van der Waals surface area contributed by atoms with E-state index in [0.717, 1.165) is 18.9 Å². The largest absolute Gasteiger partial charge is 0.354 e. The van der Waals surface area contributed by atoms with E-state index in [1.165, 1.54) is 16.4 Å². The van der Waals surface area contributed by atoms with Gasteiger partial charge < -0.3 is 10.6 Å². The van der Waals surface area contributed by atoms with Gasteiger partial charge >= 0.3 is 0 Å². The first-order valence-electron chi connectivity index (χ1n) is 9.65. The molecule has 0 radical (unpaired) electrons. The molecule has 2 N–H and O–H groups in total. The smallest absolute Gasteiger partial charge is 0.270 e. The van der Waals surface area contributed by atoms with E-state index in [4.69, 9.17) is 0 Å². The van der Waals surface area contributed by atoms with Crippen molar-refractivity contribution in [1.29, 1.82) is 0 Å². The van der Waals surface area contributed by atoms with E-state index in [0.29, 0.717) is 24.5 Å². The number of amides is 1. The van der Waals surface area contributed by atoms with Crippen LogP contribution in [0, 0.1) is 16.0 Å². The number of hydrogen-bond donors (Lipinski definition) is 2. The van der Waals surface area contributed by atoms with Crippen molar-refractivity contribution in [3.05, 3.63) is 52.6 Å². The monoisotopic (exact) mass is 432 g/mol. The Bertz CT molecular complexity index is 1050. The lowest BCUT2D eigenvalue weighted by molar-refractivity contribution is -0.385. The molecule has 2 aromatic carbocycles. The topological polar surface area (TPSA) is 122 Å². The van der Waals surface area contributed by atoms with Crippen molar-refractivity contribution in [3.8, 4) is 0 Å². The second-order valence-corrected chi connectivity index (χ2v) is 9.30. The molecule has 0 atom stereocenters. The van der Waals surface area contributed by atoms with Gasteiger partial charge in [-0.1, -0.05) is 13.8 Å². The van der Waals surface area contributed by atoms with Gasteiger partial charge in [0.1, 0.15) is 4.90 Å².